The van der Waals surface area contributed by atoms with Crippen molar-refractivity contribution in [1.82, 2.24) is 5.32 Å². The molecule has 1 amide bonds. The van der Waals surface area contributed by atoms with Gasteiger partial charge in [0.2, 0.25) is 5.91 Å². The maximum absolute atomic E-state index is 12.4. The summed E-state index contributed by atoms with van der Waals surface area (Å²) in [4.78, 5) is 23.7. The van der Waals surface area contributed by atoms with Crippen LogP contribution in [-0.2, 0) is 11.2 Å². The fourth-order valence-electron chi connectivity index (χ4n) is 2.83. The smallest absolute Gasteiger partial charge is 0.335 e. The standard InChI is InChI=1S/C22H27NO5/c1-4-5-12-28-19-11-10-16(13-20(19)27-3)15(2)23-21(24)14-17-8-6-7-9-18(17)22(25)26/h6-11,13,15H,4-5,12,14H2,1-3H3,(H,23,24)(H,25,26). The molecule has 0 aliphatic heterocycles. The molecular formula is C22H27NO5. The van der Waals surface area contributed by atoms with Crippen molar-refractivity contribution in [2.75, 3.05) is 13.7 Å². The molecule has 2 rings (SSSR count). The lowest BCUT2D eigenvalue weighted by Gasteiger charge is -2.17. The van der Waals surface area contributed by atoms with E-state index in [-0.39, 0.29) is 23.9 Å². The summed E-state index contributed by atoms with van der Waals surface area (Å²) in [5.74, 6) is 0.00261. The number of carboxylic acid groups (broad SMARTS) is 1. The number of unbranched alkanes of at least 4 members (excludes halogenated alkanes) is 1. The molecule has 2 aromatic carbocycles. The summed E-state index contributed by atoms with van der Waals surface area (Å²) in [6.07, 6.45) is 2.02. The second-order valence-corrected chi connectivity index (χ2v) is 6.54. The van der Waals surface area contributed by atoms with Crippen molar-refractivity contribution in [3.63, 3.8) is 0 Å². The van der Waals surface area contributed by atoms with E-state index in [9.17, 15) is 14.7 Å². The van der Waals surface area contributed by atoms with Crippen LogP contribution in [0.4, 0.5) is 0 Å². The van der Waals surface area contributed by atoms with Crippen LogP contribution < -0.4 is 14.8 Å². The molecule has 28 heavy (non-hydrogen) atoms. The van der Waals surface area contributed by atoms with Crippen molar-refractivity contribution in [2.45, 2.75) is 39.2 Å². The van der Waals surface area contributed by atoms with Gasteiger partial charge in [-0.15, -0.1) is 0 Å². The van der Waals surface area contributed by atoms with Gasteiger partial charge in [0.1, 0.15) is 0 Å². The van der Waals surface area contributed by atoms with Crippen LogP contribution in [0.5, 0.6) is 11.5 Å². The topological polar surface area (TPSA) is 84.9 Å². The van der Waals surface area contributed by atoms with E-state index in [0.29, 0.717) is 23.7 Å². The predicted octanol–water partition coefficient (Wildman–Crippen LogP) is 3.99. The van der Waals surface area contributed by atoms with Crippen LogP contribution >= 0.6 is 0 Å². The summed E-state index contributed by atoms with van der Waals surface area (Å²) in [6.45, 7) is 4.60. The summed E-state index contributed by atoms with van der Waals surface area (Å²) < 4.78 is 11.1. The second-order valence-electron chi connectivity index (χ2n) is 6.54. The van der Waals surface area contributed by atoms with Gasteiger partial charge in [0.25, 0.3) is 0 Å². The van der Waals surface area contributed by atoms with Crippen molar-refractivity contribution in [1.29, 1.82) is 0 Å². The molecule has 0 spiro atoms. The number of amides is 1. The van der Waals surface area contributed by atoms with Gasteiger partial charge in [0.05, 0.1) is 31.7 Å². The van der Waals surface area contributed by atoms with E-state index in [2.05, 4.69) is 12.2 Å². The third-order valence-electron chi connectivity index (χ3n) is 4.42. The lowest BCUT2D eigenvalue weighted by Crippen LogP contribution is -2.28. The molecule has 6 heteroatoms. The van der Waals surface area contributed by atoms with Gasteiger partial charge in [-0.3, -0.25) is 4.79 Å². The molecule has 0 aliphatic rings. The molecular weight excluding hydrogens is 358 g/mol. The van der Waals surface area contributed by atoms with E-state index in [1.807, 2.05) is 25.1 Å². The molecule has 0 fully saturated rings. The minimum Gasteiger partial charge on any atom is -0.493 e. The number of hydrogen-bond acceptors (Lipinski definition) is 4. The Kier molecular flexibility index (Phi) is 7.87. The van der Waals surface area contributed by atoms with Crippen LogP contribution in [0, 0.1) is 0 Å². The highest BCUT2D eigenvalue weighted by atomic mass is 16.5. The number of carbonyl (C=O) groups excluding carboxylic acids is 1. The highest BCUT2D eigenvalue weighted by Gasteiger charge is 2.16. The first-order valence-electron chi connectivity index (χ1n) is 9.37. The first-order valence-corrected chi connectivity index (χ1v) is 9.37. The Morgan fingerprint density at radius 2 is 1.89 bits per heavy atom. The minimum atomic E-state index is -1.04. The molecule has 6 nitrogen and oxygen atoms in total. The quantitative estimate of drug-likeness (QED) is 0.604. The average molecular weight is 385 g/mol. The minimum absolute atomic E-state index is 0.00214. The molecule has 2 aromatic rings. The van der Waals surface area contributed by atoms with Crippen LogP contribution in [0.2, 0.25) is 0 Å². The Balaban J connectivity index is 2.05. The van der Waals surface area contributed by atoms with E-state index in [1.54, 1.807) is 25.3 Å². The second kappa shape index (κ2) is 10.3. The number of hydrogen-bond donors (Lipinski definition) is 2. The normalized spacial score (nSPS) is 11.5. The van der Waals surface area contributed by atoms with Crippen LogP contribution in [0.1, 0.15) is 54.2 Å². The lowest BCUT2D eigenvalue weighted by molar-refractivity contribution is -0.121. The van der Waals surface area contributed by atoms with E-state index < -0.39 is 5.97 Å². The Labute approximate surface area is 165 Å². The zero-order valence-corrected chi connectivity index (χ0v) is 16.5. The van der Waals surface area contributed by atoms with Gasteiger partial charge >= 0.3 is 5.97 Å². The zero-order chi connectivity index (χ0) is 20.5. The molecule has 0 aromatic heterocycles. The van der Waals surface area contributed by atoms with Crippen LogP contribution in [0.15, 0.2) is 42.5 Å². The average Bonchev–Trinajstić information content (AvgIpc) is 2.68. The molecule has 150 valence electrons. The molecule has 0 saturated carbocycles. The molecule has 0 radical (unpaired) electrons. The van der Waals surface area contributed by atoms with Crippen molar-refractivity contribution in [2.24, 2.45) is 0 Å². The summed E-state index contributed by atoms with van der Waals surface area (Å²) in [7, 11) is 1.58. The largest absolute Gasteiger partial charge is 0.493 e. The summed E-state index contributed by atoms with van der Waals surface area (Å²) in [5, 5.41) is 12.1. The maximum Gasteiger partial charge on any atom is 0.335 e. The highest BCUT2D eigenvalue weighted by molar-refractivity contribution is 5.91. The summed E-state index contributed by atoms with van der Waals surface area (Å²) in [5.41, 5.74) is 1.50. The number of carbonyl (C=O) groups is 2. The first-order chi connectivity index (χ1) is 13.5. The summed E-state index contributed by atoms with van der Waals surface area (Å²) >= 11 is 0. The molecule has 1 unspecified atom stereocenters. The van der Waals surface area contributed by atoms with E-state index in [4.69, 9.17) is 9.47 Å². The zero-order valence-electron chi connectivity index (χ0n) is 16.5. The predicted molar refractivity (Wildman–Crippen MR) is 107 cm³/mol. The number of rotatable bonds is 10. The molecule has 0 saturated heterocycles. The highest BCUT2D eigenvalue weighted by Crippen LogP contribution is 2.30. The van der Waals surface area contributed by atoms with E-state index in [1.165, 1.54) is 6.07 Å². The van der Waals surface area contributed by atoms with Crippen LogP contribution in [-0.4, -0.2) is 30.7 Å². The van der Waals surface area contributed by atoms with Crippen molar-refractivity contribution >= 4 is 11.9 Å². The number of carboxylic acids is 1. The number of ether oxygens (including phenoxy) is 2. The number of nitrogens with one attached hydrogen (secondary N) is 1. The SMILES string of the molecule is CCCCOc1ccc(C(C)NC(=O)Cc2ccccc2C(=O)O)cc1OC. The Hall–Kier alpha value is -3.02. The fraction of sp³-hybridized carbons (Fsp3) is 0.364. The number of benzene rings is 2. The Morgan fingerprint density at radius 1 is 1.14 bits per heavy atom. The van der Waals surface area contributed by atoms with E-state index >= 15 is 0 Å². The molecule has 0 bridgehead atoms. The molecule has 0 aliphatic carbocycles. The van der Waals surface area contributed by atoms with Crippen LogP contribution in [0.3, 0.4) is 0 Å². The Morgan fingerprint density at radius 3 is 2.57 bits per heavy atom. The fourth-order valence-corrected chi connectivity index (χ4v) is 2.83. The van der Waals surface area contributed by atoms with E-state index in [0.717, 1.165) is 18.4 Å². The molecule has 0 heterocycles. The third-order valence-corrected chi connectivity index (χ3v) is 4.42. The van der Waals surface area contributed by atoms with Gasteiger partial charge in [-0.05, 0) is 42.7 Å². The van der Waals surface area contributed by atoms with Crippen molar-refractivity contribution < 1.29 is 24.2 Å². The van der Waals surface area contributed by atoms with Gasteiger partial charge < -0.3 is 19.9 Å². The van der Waals surface area contributed by atoms with Gasteiger partial charge in [-0.1, -0.05) is 37.6 Å². The number of methoxy groups -OCH3 is 1. The number of aromatic carboxylic acids is 1. The van der Waals surface area contributed by atoms with Crippen molar-refractivity contribution in [3.05, 3.63) is 59.2 Å². The van der Waals surface area contributed by atoms with Gasteiger partial charge in [0, 0.05) is 0 Å². The van der Waals surface area contributed by atoms with Gasteiger partial charge in [0.15, 0.2) is 11.5 Å². The summed E-state index contributed by atoms with van der Waals surface area (Å²) in [6, 6.07) is 11.8. The van der Waals surface area contributed by atoms with Gasteiger partial charge in [-0.25, -0.2) is 4.79 Å². The molecule has 2 N–H and O–H groups in total. The van der Waals surface area contributed by atoms with Crippen LogP contribution in [0.25, 0.3) is 0 Å². The molecule has 1 atom stereocenters. The Bertz CT molecular complexity index is 818. The monoisotopic (exact) mass is 385 g/mol. The third kappa shape index (κ3) is 5.74. The first kappa shape index (κ1) is 21.3. The van der Waals surface area contributed by atoms with Crippen molar-refractivity contribution in [3.8, 4) is 11.5 Å². The maximum atomic E-state index is 12.4. The van der Waals surface area contributed by atoms with Gasteiger partial charge in [-0.2, -0.15) is 0 Å². The lowest BCUT2D eigenvalue weighted by atomic mass is 10.0.